The summed E-state index contributed by atoms with van der Waals surface area (Å²) < 4.78 is 13.3. The van der Waals surface area contributed by atoms with Crippen molar-refractivity contribution in [2.75, 3.05) is 6.54 Å². The van der Waals surface area contributed by atoms with Crippen molar-refractivity contribution in [2.24, 2.45) is 5.73 Å². The maximum atomic E-state index is 13.3. The molecule has 0 spiro atoms. The molecule has 1 heterocycles. The Bertz CT molecular complexity index is 380. The van der Waals surface area contributed by atoms with Crippen LogP contribution in [-0.2, 0) is 0 Å². The third-order valence-electron chi connectivity index (χ3n) is 2.54. The summed E-state index contributed by atoms with van der Waals surface area (Å²) in [6, 6.07) is 1.26. The van der Waals surface area contributed by atoms with Gasteiger partial charge in [-0.3, -0.25) is 9.78 Å². The van der Waals surface area contributed by atoms with Gasteiger partial charge in [0, 0.05) is 18.8 Å². The van der Waals surface area contributed by atoms with E-state index in [1.165, 1.54) is 12.3 Å². The molecule has 0 aliphatic heterocycles. The predicted molar refractivity (Wildman–Crippen MR) is 78.5 cm³/mol. The fourth-order valence-electron chi connectivity index (χ4n) is 1.52. The van der Waals surface area contributed by atoms with E-state index >= 15 is 0 Å². The lowest BCUT2D eigenvalue weighted by atomic mass is 10.1. The van der Waals surface area contributed by atoms with E-state index in [2.05, 4.69) is 17.2 Å². The molecule has 1 atom stereocenters. The maximum Gasteiger partial charge on any atom is 0.254 e. The molecule has 0 aliphatic carbocycles. The second-order valence-electron chi connectivity index (χ2n) is 3.90. The number of hydrogen-bond donors (Lipinski definition) is 2. The lowest BCUT2D eigenvalue weighted by Gasteiger charge is -2.16. The number of nitrogens with one attached hydrogen (secondary N) is 1. The third-order valence-corrected chi connectivity index (χ3v) is 2.54. The van der Waals surface area contributed by atoms with E-state index in [1.807, 2.05) is 0 Å². The minimum Gasteiger partial charge on any atom is -0.348 e. The lowest BCUT2D eigenvalue weighted by Crippen LogP contribution is -2.40. The monoisotopic (exact) mass is 311 g/mol. The number of carbonyl (C=O) groups excluding carboxylic acids is 1. The van der Waals surface area contributed by atoms with Crippen LogP contribution in [-0.4, -0.2) is 23.5 Å². The van der Waals surface area contributed by atoms with Gasteiger partial charge in [-0.05, 0) is 12.5 Å². The summed E-state index contributed by atoms with van der Waals surface area (Å²) in [5.41, 5.74) is 5.57. The minimum absolute atomic E-state index is 0. The number of unbranched alkanes of at least 4 members (excludes halogenated alkanes) is 1. The Morgan fingerprint density at radius 2 is 2.21 bits per heavy atom. The Morgan fingerprint density at radius 3 is 2.74 bits per heavy atom. The van der Waals surface area contributed by atoms with Crippen LogP contribution in [0, 0.1) is 5.82 Å². The molecule has 0 saturated heterocycles. The van der Waals surface area contributed by atoms with Crippen LogP contribution < -0.4 is 11.1 Å². The van der Waals surface area contributed by atoms with Crippen LogP contribution >= 0.6 is 24.8 Å². The van der Waals surface area contributed by atoms with Crippen LogP contribution in [0.3, 0.4) is 0 Å². The van der Waals surface area contributed by atoms with Gasteiger partial charge in [0.25, 0.3) is 5.91 Å². The zero-order valence-corrected chi connectivity index (χ0v) is 12.4. The van der Waals surface area contributed by atoms with Crippen molar-refractivity contribution in [1.29, 1.82) is 0 Å². The highest BCUT2D eigenvalue weighted by Gasteiger charge is 2.15. The average molecular weight is 312 g/mol. The predicted octanol–water partition coefficient (Wildman–Crippen LogP) is 2.31. The topological polar surface area (TPSA) is 68.0 Å². The van der Waals surface area contributed by atoms with Gasteiger partial charge in [-0.25, -0.2) is 4.39 Å². The molecule has 19 heavy (non-hydrogen) atoms. The van der Waals surface area contributed by atoms with Gasteiger partial charge in [-0.1, -0.05) is 19.8 Å². The molecule has 0 bridgehead atoms. The maximum absolute atomic E-state index is 13.3. The summed E-state index contributed by atoms with van der Waals surface area (Å²) in [4.78, 5) is 15.4. The first-order valence-electron chi connectivity index (χ1n) is 5.79. The smallest absolute Gasteiger partial charge is 0.254 e. The molecule has 0 fully saturated rings. The lowest BCUT2D eigenvalue weighted by molar-refractivity contribution is 0.0931. The molecule has 4 nitrogen and oxygen atoms in total. The molecule has 1 aromatic rings. The second-order valence-corrected chi connectivity index (χ2v) is 3.90. The molecule has 1 unspecified atom stereocenters. The van der Waals surface area contributed by atoms with Crippen molar-refractivity contribution in [1.82, 2.24) is 10.3 Å². The van der Waals surface area contributed by atoms with Gasteiger partial charge in [-0.15, -0.1) is 24.8 Å². The summed E-state index contributed by atoms with van der Waals surface area (Å²) >= 11 is 0. The van der Waals surface area contributed by atoms with Crippen LogP contribution in [0.2, 0.25) is 0 Å². The van der Waals surface area contributed by atoms with E-state index in [0.29, 0.717) is 6.54 Å². The van der Waals surface area contributed by atoms with E-state index in [4.69, 9.17) is 5.73 Å². The van der Waals surface area contributed by atoms with Crippen LogP contribution in [0.25, 0.3) is 0 Å². The van der Waals surface area contributed by atoms with Crippen molar-refractivity contribution in [3.63, 3.8) is 0 Å². The number of aromatic nitrogens is 1. The van der Waals surface area contributed by atoms with Crippen molar-refractivity contribution in [3.05, 3.63) is 29.8 Å². The van der Waals surface area contributed by atoms with Crippen molar-refractivity contribution in [2.45, 2.75) is 32.2 Å². The third kappa shape index (κ3) is 6.71. The number of halogens is 3. The Morgan fingerprint density at radius 1 is 1.53 bits per heavy atom. The highest BCUT2D eigenvalue weighted by Crippen LogP contribution is 2.06. The van der Waals surface area contributed by atoms with Crippen molar-refractivity contribution < 1.29 is 9.18 Å². The summed E-state index contributed by atoms with van der Waals surface area (Å²) in [6.45, 7) is 2.43. The molecule has 3 N–H and O–H groups in total. The Balaban J connectivity index is 0. The summed E-state index contributed by atoms with van der Waals surface area (Å²) in [5, 5.41) is 2.73. The van der Waals surface area contributed by atoms with E-state index in [1.54, 1.807) is 0 Å². The van der Waals surface area contributed by atoms with Gasteiger partial charge < -0.3 is 11.1 Å². The first-order valence-corrected chi connectivity index (χ1v) is 5.79. The van der Waals surface area contributed by atoms with Crippen LogP contribution in [0.15, 0.2) is 18.5 Å². The zero-order chi connectivity index (χ0) is 12.7. The molecule has 1 amide bonds. The Labute approximate surface area is 125 Å². The van der Waals surface area contributed by atoms with E-state index in [-0.39, 0.29) is 36.4 Å². The van der Waals surface area contributed by atoms with Gasteiger partial charge in [-0.2, -0.15) is 0 Å². The first-order chi connectivity index (χ1) is 8.19. The molecule has 0 aliphatic rings. The fourth-order valence-corrected chi connectivity index (χ4v) is 1.52. The number of rotatable bonds is 6. The Kier molecular flexibility index (Phi) is 11.8. The molecule has 0 saturated carbocycles. The van der Waals surface area contributed by atoms with Crippen LogP contribution in [0.1, 0.15) is 36.5 Å². The first kappa shape index (κ1) is 20.4. The van der Waals surface area contributed by atoms with E-state index in [0.717, 1.165) is 25.5 Å². The normalized spacial score (nSPS) is 10.9. The highest BCUT2D eigenvalue weighted by atomic mass is 35.5. The number of hydrogen-bond acceptors (Lipinski definition) is 3. The quantitative estimate of drug-likeness (QED) is 0.847. The second kappa shape index (κ2) is 11.0. The average Bonchev–Trinajstić information content (AvgIpc) is 2.34. The van der Waals surface area contributed by atoms with Gasteiger partial charge >= 0.3 is 0 Å². The number of carbonyl (C=O) groups is 1. The van der Waals surface area contributed by atoms with Crippen molar-refractivity contribution in [3.8, 4) is 0 Å². The molecule has 7 heteroatoms. The zero-order valence-electron chi connectivity index (χ0n) is 10.8. The molecule has 110 valence electrons. The van der Waals surface area contributed by atoms with Crippen molar-refractivity contribution >= 4 is 30.7 Å². The fraction of sp³-hybridized carbons (Fsp3) is 0.500. The summed E-state index contributed by atoms with van der Waals surface area (Å²) in [6.07, 6.45) is 5.25. The SMILES string of the molecule is CCCCC(CN)NC(=O)c1ccncc1F.Cl.Cl. The molecule has 0 aromatic carbocycles. The van der Waals surface area contributed by atoms with Gasteiger partial charge in [0.15, 0.2) is 5.82 Å². The van der Waals surface area contributed by atoms with Gasteiger partial charge in [0.05, 0.1) is 11.8 Å². The molecule has 1 aromatic heterocycles. The minimum atomic E-state index is -0.615. The largest absolute Gasteiger partial charge is 0.348 e. The molecular weight excluding hydrogens is 292 g/mol. The Hall–Kier alpha value is -0.910. The molecule has 0 radical (unpaired) electrons. The van der Waals surface area contributed by atoms with Gasteiger partial charge in [0.1, 0.15) is 0 Å². The number of nitrogens with zero attached hydrogens (tertiary/aromatic N) is 1. The van der Waals surface area contributed by atoms with Crippen LogP contribution in [0.5, 0.6) is 0 Å². The number of amides is 1. The molecule has 1 rings (SSSR count). The van der Waals surface area contributed by atoms with E-state index < -0.39 is 11.7 Å². The van der Waals surface area contributed by atoms with E-state index in [9.17, 15) is 9.18 Å². The number of pyridine rings is 1. The number of nitrogens with two attached hydrogens (primary N) is 1. The molecular formula is C12H20Cl2FN3O. The summed E-state index contributed by atoms with van der Waals surface area (Å²) in [7, 11) is 0. The summed E-state index contributed by atoms with van der Waals surface area (Å²) in [5.74, 6) is -1.05. The highest BCUT2D eigenvalue weighted by molar-refractivity contribution is 5.94. The standard InChI is InChI=1S/C12H18FN3O.2ClH/c1-2-3-4-9(7-14)16-12(17)10-5-6-15-8-11(10)13;;/h5-6,8-9H,2-4,7,14H2,1H3,(H,16,17);2*1H. The van der Waals surface area contributed by atoms with Crippen LogP contribution in [0.4, 0.5) is 4.39 Å². The van der Waals surface area contributed by atoms with Gasteiger partial charge in [0.2, 0.25) is 0 Å².